The molecule has 2 atom stereocenters. The third-order valence-corrected chi connectivity index (χ3v) is 2.59. The molecule has 0 spiro atoms. The summed E-state index contributed by atoms with van der Waals surface area (Å²) in [5.74, 6) is -0.893. The van der Waals surface area contributed by atoms with Crippen LogP contribution in [-0.4, -0.2) is 18.0 Å². The smallest absolute Gasteiger partial charge is 0.307 e. The van der Waals surface area contributed by atoms with Gasteiger partial charge in [-0.3, -0.25) is 14.9 Å². The number of carbonyl (C=O) groups excluding carboxylic acids is 2. The van der Waals surface area contributed by atoms with Gasteiger partial charge in [-0.25, -0.2) is 10.6 Å². The maximum atomic E-state index is 11.9. The maximum absolute atomic E-state index is 11.9. The molecular weight excluding hydrogens is 236 g/mol. The first kappa shape index (κ1) is 12.3. The third kappa shape index (κ3) is 2.41. The average Bonchev–Trinajstić information content (AvgIpc) is 2.47. The molecule has 1 aliphatic rings. The zero-order valence-corrected chi connectivity index (χ0v) is 9.82. The molecule has 0 bridgehead atoms. The Kier molecular flexibility index (Phi) is 3.45. The lowest BCUT2D eigenvalue weighted by atomic mass is 10.2. The first-order chi connectivity index (χ1) is 8.61. The topological polar surface area (TPSA) is 97.7 Å². The number of quaternary nitrogens is 1. The zero-order chi connectivity index (χ0) is 13.1. The lowest BCUT2D eigenvalue weighted by Crippen LogP contribution is -3.17. The van der Waals surface area contributed by atoms with Crippen molar-refractivity contribution in [2.75, 3.05) is 10.7 Å². The second kappa shape index (κ2) is 5.03. The van der Waals surface area contributed by atoms with Gasteiger partial charge in [0, 0.05) is 6.42 Å². The van der Waals surface area contributed by atoms with Crippen LogP contribution in [0, 0.1) is 5.21 Å². The van der Waals surface area contributed by atoms with Gasteiger partial charge in [0.15, 0.2) is 0 Å². The van der Waals surface area contributed by atoms with Crippen LogP contribution < -0.4 is 21.2 Å². The molecule has 0 aliphatic carbocycles. The van der Waals surface area contributed by atoms with Crippen molar-refractivity contribution < 1.29 is 14.8 Å². The Morgan fingerprint density at radius 1 is 1.44 bits per heavy atom. The van der Waals surface area contributed by atoms with Crippen LogP contribution in [0.2, 0.25) is 0 Å². The fourth-order valence-corrected chi connectivity index (χ4v) is 1.62. The van der Waals surface area contributed by atoms with Crippen LogP contribution in [0.15, 0.2) is 24.3 Å². The van der Waals surface area contributed by atoms with E-state index in [1.54, 1.807) is 31.2 Å². The Balaban J connectivity index is 2.22. The van der Waals surface area contributed by atoms with Crippen molar-refractivity contribution >= 4 is 23.2 Å². The van der Waals surface area contributed by atoms with E-state index in [1.807, 2.05) is 0 Å². The number of benzene rings is 1. The second-order valence-electron chi connectivity index (χ2n) is 3.88. The van der Waals surface area contributed by atoms with Crippen LogP contribution in [0.3, 0.4) is 0 Å². The molecule has 96 valence electrons. The van der Waals surface area contributed by atoms with Gasteiger partial charge in [0.2, 0.25) is 5.91 Å². The second-order valence-corrected chi connectivity index (χ2v) is 3.88. The van der Waals surface area contributed by atoms with Gasteiger partial charge in [0.05, 0.1) is 5.69 Å². The molecule has 0 saturated carbocycles. The van der Waals surface area contributed by atoms with Crippen LogP contribution in [0.5, 0.6) is 0 Å². The van der Waals surface area contributed by atoms with Crippen LogP contribution in [0.1, 0.15) is 13.3 Å². The summed E-state index contributed by atoms with van der Waals surface area (Å²) in [6.45, 7) is 1.65. The molecule has 2 amide bonds. The first-order valence-electron chi connectivity index (χ1n) is 5.62. The number of hydroxylamine groups is 1. The van der Waals surface area contributed by atoms with Crippen molar-refractivity contribution in [3.05, 3.63) is 29.5 Å². The van der Waals surface area contributed by atoms with Gasteiger partial charge in [-0.1, -0.05) is 19.1 Å². The predicted molar refractivity (Wildman–Crippen MR) is 65.2 cm³/mol. The summed E-state index contributed by atoms with van der Waals surface area (Å²) in [4.78, 5) is 23.1. The molecule has 4 N–H and O–H groups in total. The van der Waals surface area contributed by atoms with E-state index in [0.29, 0.717) is 11.4 Å². The van der Waals surface area contributed by atoms with Crippen molar-refractivity contribution in [2.45, 2.75) is 19.5 Å². The van der Waals surface area contributed by atoms with E-state index in [0.717, 1.165) is 0 Å². The minimum Gasteiger partial charge on any atom is -0.606 e. The maximum Gasteiger partial charge on any atom is 0.307 e. The molecule has 2 rings (SSSR count). The van der Waals surface area contributed by atoms with Crippen molar-refractivity contribution in [1.82, 2.24) is 5.32 Å². The fraction of sp³-hybridized carbons (Fsp3) is 0.273. The number of hydrogen-bond donors (Lipinski definition) is 4. The normalized spacial score (nSPS) is 22.2. The molecule has 7 nitrogen and oxygen atoms in total. The highest BCUT2D eigenvalue weighted by Crippen LogP contribution is 2.20. The number of carbonyl (C=O) groups is 2. The van der Waals surface area contributed by atoms with E-state index >= 15 is 0 Å². The molecule has 7 heteroatoms. The number of amides is 2. The molecule has 0 radical (unpaired) electrons. The van der Waals surface area contributed by atoms with Gasteiger partial charge >= 0.3 is 5.91 Å². The Labute approximate surface area is 104 Å². The van der Waals surface area contributed by atoms with Crippen LogP contribution >= 0.6 is 0 Å². The number of rotatable bonds is 2. The molecule has 1 aromatic rings. The third-order valence-electron chi connectivity index (χ3n) is 2.59. The average molecular weight is 250 g/mol. The number of hydrogen-bond acceptors (Lipinski definition) is 4. The van der Waals surface area contributed by atoms with Crippen LogP contribution in [-0.2, 0) is 9.59 Å². The minimum absolute atomic E-state index is 0.212. The summed E-state index contributed by atoms with van der Waals surface area (Å²) >= 11 is 0. The highest BCUT2D eigenvalue weighted by Gasteiger charge is 2.30. The molecular formula is C11H14N4O3. The lowest BCUT2D eigenvalue weighted by Gasteiger charge is -2.27. The minimum atomic E-state index is -1.20. The molecule has 18 heavy (non-hydrogen) atoms. The molecule has 2 unspecified atom stereocenters. The summed E-state index contributed by atoms with van der Waals surface area (Å²) in [7, 11) is 0. The molecule has 0 aromatic heterocycles. The van der Waals surface area contributed by atoms with Gasteiger partial charge in [0.25, 0.3) is 6.17 Å². The standard InChI is InChI=1S/C11H14N4O3/c1-2-9(16)13-10-11(17)12-7-5-3-4-6-8(7)14-15(10)18/h3-6,10,14-15H,2H2,1H3,(H,12,17)(H,13,16). The SMILES string of the molecule is CCC(=O)NC1C(=O)Nc2ccccc2N[NH+]1[O-]. The summed E-state index contributed by atoms with van der Waals surface area (Å²) in [6.07, 6.45) is -0.992. The quantitative estimate of drug-likeness (QED) is 0.517. The van der Waals surface area contributed by atoms with Crippen molar-refractivity contribution in [1.29, 1.82) is 0 Å². The van der Waals surface area contributed by atoms with Crippen LogP contribution in [0.25, 0.3) is 0 Å². The van der Waals surface area contributed by atoms with Crippen molar-refractivity contribution in [2.24, 2.45) is 0 Å². The van der Waals surface area contributed by atoms with E-state index < -0.39 is 17.2 Å². The zero-order valence-electron chi connectivity index (χ0n) is 9.82. The molecule has 0 fully saturated rings. The number of anilines is 2. The van der Waals surface area contributed by atoms with Gasteiger partial charge in [-0.05, 0) is 12.1 Å². The van der Waals surface area contributed by atoms with Gasteiger partial charge < -0.3 is 10.5 Å². The van der Waals surface area contributed by atoms with Crippen LogP contribution in [0.4, 0.5) is 11.4 Å². The summed E-state index contributed by atoms with van der Waals surface area (Å²) in [5.41, 5.74) is 3.63. The first-order valence-corrected chi connectivity index (χ1v) is 5.62. The monoisotopic (exact) mass is 250 g/mol. The number of fused-ring (bicyclic) bond motifs is 1. The number of para-hydroxylation sites is 2. The Morgan fingerprint density at radius 3 is 2.78 bits per heavy atom. The molecule has 0 saturated heterocycles. The largest absolute Gasteiger partial charge is 0.606 e. The highest BCUT2D eigenvalue weighted by atomic mass is 16.5. The lowest BCUT2D eigenvalue weighted by molar-refractivity contribution is -0.844. The summed E-state index contributed by atoms with van der Waals surface area (Å²) in [6, 6.07) is 6.85. The van der Waals surface area contributed by atoms with E-state index in [1.165, 1.54) is 0 Å². The van der Waals surface area contributed by atoms with Gasteiger partial charge in [-0.15, -0.1) is 0 Å². The molecule has 1 heterocycles. The van der Waals surface area contributed by atoms with Crippen molar-refractivity contribution in [3.63, 3.8) is 0 Å². The van der Waals surface area contributed by atoms with E-state index in [9.17, 15) is 14.8 Å². The summed E-state index contributed by atoms with van der Waals surface area (Å²) < 4.78 is 0. The summed E-state index contributed by atoms with van der Waals surface area (Å²) in [5, 5.41) is 16.3. The van der Waals surface area contributed by atoms with Gasteiger partial charge in [0.1, 0.15) is 5.69 Å². The molecule has 1 aliphatic heterocycles. The predicted octanol–water partition coefficient (Wildman–Crippen LogP) is -0.799. The van der Waals surface area contributed by atoms with Gasteiger partial charge in [-0.2, -0.15) is 0 Å². The van der Waals surface area contributed by atoms with E-state index in [-0.39, 0.29) is 12.3 Å². The Bertz CT molecular complexity index is 477. The number of nitrogens with one attached hydrogen (secondary N) is 4. The highest BCUT2D eigenvalue weighted by molar-refractivity contribution is 5.99. The Hall–Kier alpha value is -2.12. The fourth-order valence-electron chi connectivity index (χ4n) is 1.62. The molecule has 1 aromatic carbocycles. The van der Waals surface area contributed by atoms with E-state index in [2.05, 4.69) is 16.1 Å². The van der Waals surface area contributed by atoms with Crippen molar-refractivity contribution in [3.8, 4) is 0 Å². The van der Waals surface area contributed by atoms with E-state index in [4.69, 9.17) is 0 Å². The Morgan fingerprint density at radius 2 is 2.11 bits per heavy atom.